The summed E-state index contributed by atoms with van der Waals surface area (Å²) < 4.78 is 1.17. The Bertz CT molecular complexity index is 484. The molecule has 0 radical (unpaired) electrons. The maximum atomic E-state index is 4.47. The molecule has 0 bridgehead atoms. The maximum absolute atomic E-state index is 4.47. The molecule has 4 heteroatoms. The van der Waals surface area contributed by atoms with Gasteiger partial charge >= 0.3 is 0 Å². The second-order valence-corrected chi connectivity index (χ2v) is 6.55. The van der Waals surface area contributed by atoms with Gasteiger partial charge < -0.3 is 5.32 Å². The van der Waals surface area contributed by atoms with Crippen molar-refractivity contribution in [3.8, 4) is 0 Å². The van der Waals surface area contributed by atoms with Crippen LogP contribution < -0.4 is 5.32 Å². The number of nitrogens with one attached hydrogen (secondary N) is 1. The van der Waals surface area contributed by atoms with Gasteiger partial charge in [0.2, 0.25) is 0 Å². The predicted octanol–water partition coefficient (Wildman–Crippen LogP) is 4.36. The van der Waals surface area contributed by atoms with Crippen LogP contribution in [-0.4, -0.2) is 11.5 Å². The summed E-state index contributed by atoms with van der Waals surface area (Å²) in [5, 5.41) is 5.76. The smallest absolute Gasteiger partial charge is 0.0701 e. The van der Waals surface area contributed by atoms with E-state index in [4.69, 9.17) is 0 Å². The van der Waals surface area contributed by atoms with E-state index in [1.165, 1.54) is 9.35 Å². The van der Waals surface area contributed by atoms with Crippen LogP contribution in [-0.2, 0) is 0 Å². The summed E-state index contributed by atoms with van der Waals surface area (Å²) in [5.41, 5.74) is 2.46. The van der Waals surface area contributed by atoms with Crippen LogP contribution >= 0.6 is 27.3 Å². The molecule has 18 heavy (non-hydrogen) atoms. The van der Waals surface area contributed by atoms with Gasteiger partial charge in [-0.1, -0.05) is 19.9 Å². The van der Waals surface area contributed by atoms with E-state index in [1.807, 2.05) is 18.3 Å². The van der Waals surface area contributed by atoms with Crippen LogP contribution in [0, 0.1) is 0 Å². The van der Waals surface area contributed by atoms with Gasteiger partial charge in [0.05, 0.1) is 3.79 Å². The molecule has 0 spiro atoms. The van der Waals surface area contributed by atoms with E-state index in [-0.39, 0.29) is 0 Å². The van der Waals surface area contributed by atoms with Crippen molar-refractivity contribution in [2.45, 2.75) is 25.8 Å². The number of aromatic nitrogens is 1. The fourth-order valence-corrected chi connectivity index (χ4v) is 3.32. The van der Waals surface area contributed by atoms with Crippen LogP contribution in [0.4, 0.5) is 0 Å². The van der Waals surface area contributed by atoms with E-state index >= 15 is 0 Å². The fraction of sp³-hybridized carbons (Fsp3) is 0.357. The number of halogens is 1. The van der Waals surface area contributed by atoms with Crippen molar-refractivity contribution in [2.75, 3.05) is 6.54 Å². The number of hydrogen-bond donors (Lipinski definition) is 1. The Morgan fingerprint density at radius 3 is 2.83 bits per heavy atom. The number of pyridine rings is 1. The molecule has 96 valence electrons. The largest absolute Gasteiger partial charge is 0.310 e. The van der Waals surface area contributed by atoms with Crippen LogP contribution in [0.2, 0.25) is 0 Å². The standard InChI is InChI=1S/C14H17BrN2S/c1-3-16-14(11-8-13(15)18-9-11)10(2)12-6-4-5-7-17-12/h4-10,14,16H,3H2,1-2H3. The molecular formula is C14H17BrN2S. The lowest BCUT2D eigenvalue weighted by molar-refractivity contribution is 0.473. The normalized spacial score (nSPS) is 14.4. The molecule has 0 aromatic carbocycles. The molecule has 2 heterocycles. The summed E-state index contributed by atoms with van der Waals surface area (Å²) in [6, 6.07) is 8.60. The summed E-state index contributed by atoms with van der Waals surface area (Å²) in [6.07, 6.45) is 1.86. The number of nitrogens with zero attached hydrogens (tertiary/aromatic N) is 1. The first kappa shape index (κ1) is 13.7. The SMILES string of the molecule is CCNC(c1csc(Br)c1)C(C)c1ccccn1. The van der Waals surface area contributed by atoms with Crippen molar-refractivity contribution < 1.29 is 0 Å². The summed E-state index contributed by atoms with van der Waals surface area (Å²) in [6.45, 7) is 5.32. The summed E-state index contributed by atoms with van der Waals surface area (Å²) >= 11 is 5.26. The van der Waals surface area contributed by atoms with Crippen LogP contribution in [0.3, 0.4) is 0 Å². The third-order valence-corrected chi connectivity index (χ3v) is 4.55. The second-order valence-electron chi connectivity index (χ2n) is 4.26. The molecule has 0 aliphatic heterocycles. The number of hydrogen-bond acceptors (Lipinski definition) is 3. The van der Waals surface area contributed by atoms with Gasteiger partial charge in [-0.25, -0.2) is 0 Å². The predicted molar refractivity (Wildman–Crippen MR) is 81.1 cm³/mol. The molecule has 2 aromatic rings. The molecule has 0 aliphatic carbocycles. The average molecular weight is 325 g/mol. The molecule has 2 nitrogen and oxygen atoms in total. The van der Waals surface area contributed by atoms with Gasteiger partial charge in [-0.3, -0.25) is 4.98 Å². The highest BCUT2D eigenvalue weighted by Gasteiger charge is 2.21. The van der Waals surface area contributed by atoms with Crippen molar-refractivity contribution >= 4 is 27.3 Å². The molecule has 2 atom stereocenters. The Hall–Kier alpha value is -0.710. The molecule has 2 unspecified atom stereocenters. The third-order valence-electron chi connectivity index (χ3n) is 3.03. The van der Waals surface area contributed by atoms with Crippen molar-refractivity contribution in [1.82, 2.24) is 10.3 Å². The van der Waals surface area contributed by atoms with E-state index in [2.05, 4.69) is 57.6 Å². The Morgan fingerprint density at radius 1 is 1.44 bits per heavy atom. The van der Waals surface area contributed by atoms with E-state index in [0.29, 0.717) is 12.0 Å². The van der Waals surface area contributed by atoms with Crippen molar-refractivity contribution in [2.24, 2.45) is 0 Å². The van der Waals surface area contributed by atoms with E-state index in [9.17, 15) is 0 Å². The molecule has 0 amide bonds. The summed E-state index contributed by atoms with van der Waals surface area (Å²) in [5.74, 6) is 0.354. The molecule has 0 saturated heterocycles. The minimum Gasteiger partial charge on any atom is -0.310 e. The number of thiophene rings is 1. The highest BCUT2D eigenvalue weighted by molar-refractivity contribution is 9.11. The lowest BCUT2D eigenvalue weighted by Crippen LogP contribution is -2.25. The van der Waals surface area contributed by atoms with Crippen molar-refractivity contribution in [3.05, 3.63) is 50.9 Å². The molecule has 2 rings (SSSR count). The van der Waals surface area contributed by atoms with Gasteiger partial charge in [0.25, 0.3) is 0 Å². The fourth-order valence-electron chi connectivity index (χ4n) is 2.11. The molecule has 1 N–H and O–H groups in total. The topological polar surface area (TPSA) is 24.9 Å². The third kappa shape index (κ3) is 3.19. The molecule has 0 fully saturated rings. The van der Waals surface area contributed by atoms with Gasteiger partial charge in [0, 0.05) is 23.9 Å². The Kier molecular flexibility index (Phi) is 4.92. The highest BCUT2D eigenvalue weighted by atomic mass is 79.9. The van der Waals surface area contributed by atoms with Crippen LogP contribution in [0.25, 0.3) is 0 Å². The van der Waals surface area contributed by atoms with E-state index in [0.717, 1.165) is 12.2 Å². The average Bonchev–Trinajstić information content (AvgIpc) is 2.82. The van der Waals surface area contributed by atoms with Gasteiger partial charge in [-0.15, -0.1) is 11.3 Å². The van der Waals surface area contributed by atoms with Gasteiger partial charge in [0.15, 0.2) is 0 Å². The lowest BCUT2D eigenvalue weighted by Gasteiger charge is -2.23. The first-order valence-corrected chi connectivity index (χ1v) is 7.78. The minimum atomic E-state index is 0.312. The molecular weight excluding hydrogens is 308 g/mol. The molecule has 0 aliphatic rings. The molecule has 2 aromatic heterocycles. The van der Waals surface area contributed by atoms with Crippen LogP contribution in [0.15, 0.2) is 39.6 Å². The Morgan fingerprint density at radius 2 is 2.28 bits per heavy atom. The highest BCUT2D eigenvalue weighted by Crippen LogP contribution is 2.33. The van der Waals surface area contributed by atoms with Crippen LogP contribution in [0.5, 0.6) is 0 Å². The van der Waals surface area contributed by atoms with E-state index < -0.39 is 0 Å². The Balaban J connectivity index is 2.25. The minimum absolute atomic E-state index is 0.312. The lowest BCUT2D eigenvalue weighted by atomic mass is 9.93. The van der Waals surface area contributed by atoms with Gasteiger partial charge in [-0.2, -0.15) is 0 Å². The maximum Gasteiger partial charge on any atom is 0.0701 e. The summed E-state index contributed by atoms with van der Waals surface area (Å²) in [7, 11) is 0. The zero-order valence-corrected chi connectivity index (χ0v) is 13.0. The number of likely N-dealkylation sites (N-methyl/N-ethyl adjacent to an activating group) is 1. The zero-order valence-electron chi connectivity index (χ0n) is 10.6. The van der Waals surface area contributed by atoms with Crippen LogP contribution in [0.1, 0.15) is 37.1 Å². The quantitative estimate of drug-likeness (QED) is 0.883. The van der Waals surface area contributed by atoms with Crippen molar-refractivity contribution in [1.29, 1.82) is 0 Å². The van der Waals surface area contributed by atoms with Gasteiger partial charge in [0.1, 0.15) is 0 Å². The van der Waals surface area contributed by atoms with Crippen molar-refractivity contribution in [3.63, 3.8) is 0 Å². The Labute approximate surface area is 121 Å². The zero-order chi connectivity index (χ0) is 13.0. The van der Waals surface area contributed by atoms with E-state index in [1.54, 1.807) is 11.3 Å². The number of rotatable bonds is 5. The van der Waals surface area contributed by atoms with Gasteiger partial charge in [-0.05, 0) is 51.6 Å². The molecule has 0 saturated carbocycles. The first-order valence-electron chi connectivity index (χ1n) is 6.10. The second kappa shape index (κ2) is 6.45. The first-order chi connectivity index (χ1) is 8.72. The summed E-state index contributed by atoms with van der Waals surface area (Å²) in [4.78, 5) is 4.47. The monoisotopic (exact) mass is 324 g/mol.